The van der Waals surface area contributed by atoms with Crippen molar-refractivity contribution < 1.29 is 4.79 Å². The zero-order valence-corrected chi connectivity index (χ0v) is 12.3. The maximum atomic E-state index is 12.0. The Morgan fingerprint density at radius 3 is 2.80 bits per heavy atom. The van der Waals surface area contributed by atoms with Gasteiger partial charge < -0.3 is 15.2 Å². The predicted molar refractivity (Wildman–Crippen MR) is 79.0 cm³/mol. The molecule has 2 bridgehead atoms. The SMILES string of the molecule is C[C@H](N)C(=O)N1C[C@H]2C[C@@H](C1)c1cccc(=O)n1C2.Cl. The number of nitrogens with two attached hydrogens (primary N) is 1. The quantitative estimate of drug-likeness (QED) is 0.824. The lowest BCUT2D eigenvalue weighted by Crippen LogP contribution is -2.52. The molecule has 2 aliphatic heterocycles. The summed E-state index contributed by atoms with van der Waals surface area (Å²) in [5, 5.41) is 0. The van der Waals surface area contributed by atoms with E-state index < -0.39 is 6.04 Å². The fourth-order valence-electron chi connectivity index (χ4n) is 3.36. The van der Waals surface area contributed by atoms with E-state index in [-0.39, 0.29) is 29.8 Å². The minimum absolute atomic E-state index is 0. The number of likely N-dealkylation sites (tertiary alicyclic amines) is 1. The molecule has 1 aromatic heterocycles. The van der Waals surface area contributed by atoms with E-state index in [0.717, 1.165) is 18.7 Å². The number of carbonyl (C=O) groups excluding carboxylic acids is 1. The highest BCUT2D eigenvalue weighted by molar-refractivity contribution is 5.85. The van der Waals surface area contributed by atoms with Crippen LogP contribution in [0.5, 0.6) is 0 Å². The van der Waals surface area contributed by atoms with Crippen LogP contribution in [0.25, 0.3) is 0 Å². The van der Waals surface area contributed by atoms with Crippen LogP contribution in [0.2, 0.25) is 0 Å². The third-order valence-corrected chi connectivity index (χ3v) is 4.18. The number of rotatable bonds is 1. The van der Waals surface area contributed by atoms with Crippen molar-refractivity contribution in [2.75, 3.05) is 13.1 Å². The molecule has 0 spiro atoms. The number of carbonyl (C=O) groups is 1. The summed E-state index contributed by atoms with van der Waals surface area (Å²) in [6.07, 6.45) is 1.06. The van der Waals surface area contributed by atoms with Gasteiger partial charge >= 0.3 is 0 Å². The van der Waals surface area contributed by atoms with Crippen LogP contribution >= 0.6 is 12.4 Å². The molecule has 0 unspecified atom stereocenters. The highest BCUT2D eigenvalue weighted by atomic mass is 35.5. The molecule has 3 rings (SSSR count). The summed E-state index contributed by atoms with van der Waals surface area (Å²) in [7, 11) is 0. The van der Waals surface area contributed by atoms with Crippen LogP contribution in [-0.4, -0.2) is 34.5 Å². The van der Waals surface area contributed by atoms with E-state index in [0.29, 0.717) is 19.0 Å². The number of fused-ring (bicyclic) bond motifs is 4. The summed E-state index contributed by atoms with van der Waals surface area (Å²) < 4.78 is 1.87. The molecule has 1 amide bonds. The molecule has 3 heterocycles. The normalized spacial score (nSPS) is 25.4. The van der Waals surface area contributed by atoms with Crippen molar-refractivity contribution in [2.24, 2.45) is 11.7 Å². The lowest BCUT2D eigenvalue weighted by atomic mass is 9.83. The number of nitrogens with zero attached hydrogens (tertiary/aromatic N) is 2. The van der Waals surface area contributed by atoms with Crippen molar-refractivity contribution >= 4 is 18.3 Å². The van der Waals surface area contributed by atoms with Crippen molar-refractivity contribution in [3.63, 3.8) is 0 Å². The summed E-state index contributed by atoms with van der Waals surface area (Å²) in [5.74, 6) is 0.652. The summed E-state index contributed by atoms with van der Waals surface area (Å²) in [6, 6.07) is 4.97. The van der Waals surface area contributed by atoms with Crippen LogP contribution < -0.4 is 11.3 Å². The second-order valence-electron chi connectivity index (χ2n) is 5.73. The average molecular weight is 298 g/mol. The largest absolute Gasteiger partial charge is 0.340 e. The van der Waals surface area contributed by atoms with Gasteiger partial charge in [0.1, 0.15) is 0 Å². The standard InChI is InChI=1S/C14H19N3O2.ClH/c1-9(15)14(19)16-6-10-5-11(8-16)12-3-2-4-13(18)17(12)7-10;/h2-4,9-11H,5-8,15H2,1H3;1H/t9-,10+,11-;/m0./s1. The predicted octanol–water partition coefficient (Wildman–Crippen LogP) is 0.563. The molecular weight excluding hydrogens is 278 g/mol. The van der Waals surface area contributed by atoms with E-state index in [1.165, 1.54) is 0 Å². The molecule has 20 heavy (non-hydrogen) atoms. The van der Waals surface area contributed by atoms with Crippen LogP contribution in [0.1, 0.15) is 25.0 Å². The first-order chi connectivity index (χ1) is 9.06. The fourth-order valence-corrected chi connectivity index (χ4v) is 3.36. The van der Waals surface area contributed by atoms with Gasteiger partial charge in [0.25, 0.3) is 5.56 Å². The number of pyridine rings is 1. The molecule has 5 nitrogen and oxygen atoms in total. The smallest absolute Gasteiger partial charge is 0.250 e. The number of halogens is 1. The first kappa shape index (κ1) is 15.1. The Bertz CT molecular complexity index is 570. The van der Waals surface area contributed by atoms with E-state index in [2.05, 4.69) is 0 Å². The maximum Gasteiger partial charge on any atom is 0.250 e. The zero-order valence-electron chi connectivity index (χ0n) is 11.5. The van der Waals surface area contributed by atoms with Crippen molar-refractivity contribution in [1.29, 1.82) is 0 Å². The van der Waals surface area contributed by atoms with E-state index in [1.807, 2.05) is 15.5 Å². The van der Waals surface area contributed by atoms with Gasteiger partial charge in [0.05, 0.1) is 6.04 Å². The third kappa shape index (κ3) is 2.47. The minimum Gasteiger partial charge on any atom is -0.340 e. The number of amides is 1. The van der Waals surface area contributed by atoms with Crippen molar-refractivity contribution in [3.8, 4) is 0 Å². The van der Waals surface area contributed by atoms with Crippen LogP contribution in [0.3, 0.4) is 0 Å². The molecule has 3 atom stereocenters. The summed E-state index contributed by atoms with van der Waals surface area (Å²) in [5.41, 5.74) is 6.82. The third-order valence-electron chi connectivity index (χ3n) is 4.18. The van der Waals surface area contributed by atoms with Gasteiger partial charge in [-0.3, -0.25) is 9.59 Å². The van der Waals surface area contributed by atoms with Crippen LogP contribution in [0.4, 0.5) is 0 Å². The summed E-state index contributed by atoms with van der Waals surface area (Å²) in [6.45, 7) is 3.84. The Hall–Kier alpha value is -1.33. The van der Waals surface area contributed by atoms with Crippen LogP contribution in [-0.2, 0) is 11.3 Å². The van der Waals surface area contributed by atoms with Gasteiger partial charge in [0.2, 0.25) is 5.91 Å². The lowest BCUT2D eigenvalue weighted by Gasteiger charge is -2.43. The van der Waals surface area contributed by atoms with Gasteiger partial charge in [-0.2, -0.15) is 0 Å². The molecule has 0 radical (unpaired) electrons. The van der Waals surface area contributed by atoms with E-state index in [1.54, 1.807) is 19.1 Å². The van der Waals surface area contributed by atoms with Crippen molar-refractivity contribution in [1.82, 2.24) is 9.47 Å². The average Bonchev–Trinajstić information content (AvgIpc) is 2.39. The Labute approximate surface area is 124 Å². The number of aromatic nitrogens is 1. The Morgan fingerprint density at radius 1 is 1.35 bits per heavy atom. The van der Waals surface area contributed by atoms with E-state index >= 15 is 0 Å². The van der Waals surface area contributed by atoms with Gasteiger partial charge in [0, 0.05) is 37.3 Å². The fraction of sp³-hybridized carbons (Fsp3) is 0.571. The monoisotopic (exact) mass is 297 g/mol. The topological polar surface area (TPSA) is 68.3 Å². The minimum atomic E-state index is -0.447. The van der Waals surface area contributed by atoms with Crippen molar-refractivity contribution in [3.05, 3.63) is 34.2 Å². The van der Waals surface area contributed by atoms with Gasteiger partial charge in [-0.05, 0) is 25.3 Å². The van der Waals surface area contributed by atoms with Crippen LogP contribution in [0, 0.1) is 5.92 Å². The summed E-state index contributed by atoms with van der Waals surface area (Å²) >= 11 is 0. The molecule has 1 aromatic rings. The van der Waals surface area contributed by atoms with Crippen molar-refractivity contribution in [2.45, 2.75) is 31.8 Å². The van der Waals surface area contributed by atoms with Crippen LogP contribution in [0.15, 0.2) is 23.0 Å². The highest BCUT2D eigenvalue weighted by Gasteiger charge is 2.36. The first-order valence-electron chi connectivity index (χ1n) is 6.80. The molecule has 6 heteroatoms. The second-order valence-corrected chi connectivity index (χ2v) is 5.73. The Balaban J connectivity index is 0.00000147. The second kappa shape index (κ2) is 5.58. The molecular formula is C14H20ClN3O2. The molecule has 0 saturated carbocycles. The highest BCUT2D eigenvalue weighted by Crippen LogP contribution is 2.34. The number of hydrogen-bond acceptors (Lipinski definition) is 3. The van der Waals surface area contributed by atoms with Gasteiger partial charge in [-0.15, -0.1) is 12.4 Å². The number of hydrogen-bond donors (Lipinski definition) is 1. The maximum absolute atomic E-state index is 12.0. The lowest BCUT2D eigenvalue weighted by molar-refractivity contribution is -0.134. The first-order valence-corrected chi connectivity index (χ1v) is 6.80. The van der Waals surface area contributed by atoms with Gasteiger partial charge in [-0.25, -0.2) is 0 Å². The molecule has 2 aliphatic rings. The molecule has 0 aliphatic carbocycles. The number of piperidine rings is 1. The molecule has 110 valence electrons. The molecule has 1 fully saturated rings. The molecule has 1 saturated heterocycles. The molecule has 2 N–H and O–H groups in total. The Morgan fingerprint density at radius 2 is 2.10 bits per heavy atom. The Kier molecular flexibility index (Phi) is 4.20. The van der Waals surface area contributed by atoms with Gasteiger partial charge in [-0.1, -0.05) is 6.07 Å². The van der Waals surface area contributed by atoms with E-state index in [9.17, 15) is 9.59 Å². The van der Waals surface area contributed by atoms with Gasteiger partial charge in [0.15, 0.2) is 0 Å². The van der Waals surface area contributed by atoms with E-state index in [4.69, 9.17) is 5.73 Å². The summed E-state index contributed by atoms with van der Waals surface area (Å²) in [4.78, 5) is 25.8. The molecule has 0 aromatic carbocycles. The zero-order chi connectivity index (χ0) is 13.6.